The molecule has 0 aliphatic rings. The minimum atomic E-state index is -0.801. The van der Waals surface area contributed by atoms with Crippen molar-refractivity contribution < 1.29 is 29.6 Å². The van der Waals surface area contributed by atoms with Crippen LogP contribution in [0.1, 0.15) is 28.9 Å². The first-order valence-electron chi connectivity index (χ1n) is 11.0. The van der Waals surface area contributed by atoms with Gasteiger partial charge < -0.3 is 35.4 Å². The predicted octanol–water partition coefficient (Wildman–Crippen LogP) is 2.95. The number of benzene rings is 3. The third kappa shape index (κ3) is 6.95. The van der Waals surface area contributed by atoms with Gasteiger partial charge >= 0.3 is 0 Å². The summed E-state index contributed by atoms with van der Waals surface area (Å²) in [6.45, 7) is 1.09. The number of carbonyl (C=O) groups is 1. The Balaban J connectivity index is 1.42. The molecule has 0 aliphatic carbocycles. The molecular formula is C26H30N2O6. The number of phenolic OH excluding ortho intramolecular Hbond substituents is 1. The topological polar surface area (TPSA) is 120 Å². The van der Waals surface area contributed by atoms with Gasteiger partial charge in [-0.05, 0) is 54.4 Å². The molecule has 0 aromatic heterocycles. The van der Waals surface area contributed by atoms with Gasteiger partial charge in [0.15, 0.2) is 0 Å². The highest BCUT2D eigenvalue weighted by Crippen LogP contribution is 2.27. The van der Waals surface area contributed by atoms with Gasteiger partial charge in [-0.3, -0.25) is 4.79 Å². The quantitative estimate of drug-likeness (QED) is 0.149. The Morgan fingerprint density at radius 1 is 1.00 bits per heavy atom. The number of hydrogen-bond donors (Lipinski definition) is 5. The van der Waals surface area contributed by atoms with Crippen LogP contribution in [0.2, 0.25) is 0 Å². The van der Waals surface area contributed by atoms with Crippen molar-refractivity contribution in [2.75, 3.05) is 32.1 Å². The third-order valence-electron chi connectivity index (χ3n) is 5.38. The lowest BCUT2D eigenvalue weighted by Gasteiger charge is -2.16. The van der Waals surface area contributed by atoms with E-state index in [1.807, 2.05) is 42.5 Å². The molecule has 0 heterocycles. The molecule has 0 fully saturated rings. The van der Waals surface area contributed by atoms with Crippen molar-refractivity contribution in [3.05, 3.63) is 83.4 Å². The van der Waals surface area contributed by atoms with Gasteiger partial charge in [0.2, 0.25) is 6.41 Å². The highest BCUT2D eigenvalue weighted by Gasteiger charge is 2.14. The maximum absolute atomic E-state index is 10.6. The van der Waals surface area contributed by atoms with Crippen LogP contribution in [0.5, 0.6) is 17.2 Å². The summed E-state index contributed by atoms with van der Waals surface area (Å²) in [6.07, 6.45) is -0.351. The summed E-state index contributed by atoms with van der Waals surface area (Å²) < 4.78 is 11.0. The van der Waals surface area contributed by atoms with E-state index in [1.165, 1.54) is 6.07 Å². The predicted molar refractivity (Wildman–Crippen MR) is 129 cm³/mol. The van der Waals surface area contributed by atoms with Crippen LogP contribution in [-0.2, 0) is 11.2 Å². The van der Waals surface area contributed by atoms with Gasteiger partial charge in [-0.1, -0.05) is 36.4 Å². The zero-order chi connectivity index (χ0) is 24.3. The number of methoxy groups -OCH3 is 1. The minimum Gasteiger partial charge on any atom is -0.506 e. The van der Waals surface area contributed by atoms with Gasteiger partial charge in [-0.15, -0.1) is 0 Å². The zero-order valence-electron chi connectivity index (χ0n) is 19.0. The molecule has 3 aromatic rings. The number of para-hydroxylation sites is 1. The normalized spacial score (nSPS) is 12.6. The van der Waals surface area contributed by atoms with Crippen molar-refractivity contribution in [1.82, 2.24) is 5.32 Å². The van der Waals surface area contributed by atoms with E-state index in [1.54, 1.807) is 25.3 Å². The molecule has 180 valence electrons. The average Bonchev–Trinajstić information content (AvgIpc) is 2.87. The summed E-state index contributed by atoms with van der Waals surface area (Å²) in [4.78, 5) is 10.6. The van der Waals surface area contributed by atoms with Crippen LogP contribution in [0.4, 0.5) is 5.69 Å². The van der Waals surface area contributed by atoms with Crippen molar-refractivity contribution >= 4 is 12.1 Å². The van der Waals surface area contributed by atoms with E-state index in [0.29, 0.717) is 42.1 Å². The molecule has 0 spiro atoms. The van der Waals surface area contributed by atoms with E-state index >= 15 is 0 Å². The fourth-order valence-electron chi connectivity index (χ4n) is 3.49. The maximum atomic E-state index is 10.6. The maximum Gasteiger partial charge on any atom is 0.211 e. The molecule has 0 saturated heterocycles. The number of rotatable bonds is 13. The van der Waals surface area contributed by atoms with Gasteiger partial charge in [0, 0.05) is 12.1 Å². The number of phenols is 1. The SMILES string of the molecule is COc1ccccc1[C@@H](O)COc1ccc(CCNC[C@H](O)c2ccc(O)c(NC=O)c2)cc1. The van der Waals surface area contributed by atoms with Crippen molar-refractivity contribution in [2.24, 2.45) is 0 Å². The molecule has 34 heavy (non-hydrogen) atoms. The zero-order valence-corrected chi connectivity index (χ0v) is 19.0. The summed E-state index contributed by atoms with van der Waals surface area (Å²) in [5.41, 5.74) is 2.62. The summed E-state index contributed by atoms with van der Waals surface area (Å²) in [7, 11) is 1.57. The van der Waals surface area contributed by atoms with Crippen molar-refractivity contribution in [1.29, 1.82) is 0 Å². The Kier molecular flexibility index (Phi) is 9.28. The number of amides is 1. The first-order chi connectivity index (χ1) is 16.5. The van der Waals surface area contributed by atoms with E-state index in [9.17, 15) is 20.1 Å². The molecule has 8 heteroatoms. The lowest BCUT2D eigenvalue weighted by Crippen LogP contribution is -2.23. The summed E-state index contributed by atoms with van der Waals surface area (Å²) in [5, 5.41) is 36.1. The van der Waals surface area contributed by atoms with Crippen molar-refractivity contribution in [3.63, 3.8) is 0 Å². The van der Waals surface area contributed by atoms with E-state index in [2.05, 4.69) is 10.6 Å². The second kappa shape index (κ2) is 12.6. The van der Waals surface area contributed by atoms with Crippen LogP contribution in [0.15, 0.2) is 66.7 Å². The van der Waals surface area contributed by atoms with Gasteiger partial charge in [-0.2, -0.15) is 0 Å². The Morgan fingerprint density at radius 2 is 1.76 bits per heavy atom. The van der Waals surface area contributed by atoms with Gasteiger partial charge in [-0.25, -0.2) is 0 Å². The van der Waals surface area contributed by atoms with E-state index in [0.717, 1.165) is 12.0 Å². The van der Waals surface area contributed by atoms with E-state index in [-0.39, 0.29) is 18.0 Å². The number of nitrogens with one attached hydrogen (secondary N) is 2. The average molecular weight is 467 g/mol. The summed E-state index contributed by atoms with van der Waals surface area (Å²) in [5.74, 6) is 1.22. The molecule has 0 unspecified atom stereocenters. The molecule has 3 aromatic carbocycles. The summed E-state index contributed by atoms with van der Waals surface area (Å²) >= 11 is 0. The molecular weight excluding hydrogens is 436 g/mol. The smallest absolute Gasteiger partial charge is 0.211 e. The van der Waals surface area contributed by atoms with Crippen LogP contribution in [0, 0.1) is 0 Å². The fourth-order valence-corrected chi connectivity index (χ4v) is 3.49. The van der Waals surface area contributed by atoms with Crippen molar-refractivity contribution in [2.45, 2.75) is 18.6 Å². The second-order valence-corrected chi connectivity index (χ2v) is 7.72. The fraction of sp³-hybridized carbons (Fsp3) is 0.269. The third-order valence-corrected chi connectivity index (χ3v) is 5.38. The standard InChI is InChI=1S/C26H30N2O6/c1-33-26-5-3-2-4-21(26)25(32)16-34-20-9-6-18(7-10-20)12-13-27-15-24(31)19-8-11-23(30)22(14-19)28-17-29/h2-11,14,17,24-25,27,30-32H,12-13,15-16H2,1H3,(H,28,29)/t24-,25-/m0/s1. The number of ether oxygens (including phenoxy) is 2. The van der Waals surface area contributed by atoms with Gasteiger partial charge in [0.1, 0.15) is 30.0 Å². The number of carbonyl (C=O) groups excluding carboxylic acids is 1. The lowest BCUT2D eigenvalue weighted by molar-refractivity contribution is -0.105. The molecule has 0 aliphatic heterocycles. The first-order valence-corrected chi connectivity index (χ1v) is 11.0. The molecule has 2 atom stereocenters. The molecule has 0 radical (unpaired) electrons. The molecule has 8 nitrogen and oxygen atoms in total. The molecule has 3 rings (SSSR count). The minimum absolute atomic E-state index is 0.0577. The molecule has 1 amide bonds. The van der Waals surface area contributed by atoms with E-state index in [4.69, 9.17) is 9.47 Å². The van der Waals surface area contributed by atoms with Crippen LogP contribution >= 0.6 is 0 Å². The monoisotopic (exact) mass is 466 g/mol. The Morgan fingerprint density at radius 3 is 2.50 bits per heavy atom. The summed E-state index contributed by atoms with van der Waals surface area (Å²) in [6, 6.07) is 19.5. The highest BCUT2D eigenvalue weighted by atomic mass is 16.5. The van der Waals surface area contributed by atoms with Crippen LogP contribution < -0.4 is 20.1 Å². The molecule has 0 bridgehead atoms. The molecule has 5 N–H and O–H groups in total. The number of anilines is 1. The molecule has 0 saturated carbocycles. The Hall–Kier alpha value is -3.59. The van der Waals surface area contributed by atoms with Gasteiger partial charge in [0.05, 0.1) is 18.9 Å². The first kappa shape index (κ1) is 25.0. The largest absolute Gasteiger partial charge is 0.506 e. The van der Waals surface area contributed by atoms with Crippen molar-refractivity contribution in [3.8, 4) is 17.2 Å². The second-order valence-electron chi connectivity index (χ2n) is 7.72. The van der Waals surface area contributed by atoms with Crippen LogP contribution in [-0.4, -0.2) is 48.5 Å². The highest BCUT2D eigenvalue weighted by molar-refractivity contribution is 5.75. The Bertz CT molecular complexity index is 1060. The van der Waals surface area contributed by atoms with Gasteiger partial charge in [0.25, 0.3) is 0 Å². The number of hydrogen-bond acceptors (Lipinski definition) is 7. The number of aromatic hydroxyl groups is 1. The Labute approximate surface area is 198 Å². The number of aliphatic hydroxyl groups is 2. The number of aliphatic hydroxyl groups excluding tert-OH is 2. The lowest BCUT2D eigenvalue weighted by atomic mass is 10.1. The van der Waals surface area contributed by atoms with Crippen LogP contribution in [0.25, 0.3) is 0 Å². The van der Waals surface area contributed by atoms with Crippen LogP contribution in [0.3, 0.4) is 0 Å². The van der Waals surface area contributed by atoms with E-state index < -0.39 is 12.2 Å².